The summed E-state index contributed by atoms with van der Waals surface area (Å²) in [6, 6.07) is 15.2. The van der Waals surface area contributed by atoms with Crippen LogP contribution < -0.4 is 15.5 Å². The van der Waals surface area contributed by atoms with Gasteiger partial charge < -0.3 is 10.1 Å². The zero-order valence-electron chi connectivity index (χ0n) is 14.9. The number of nitrogens with one attached hydrogen (secondary N) is 1. The lowest BCUT2D eigenvalue weighted by Gasteiger charge is -2.11. The predicted octanol–water partition coefficient (Wildman–Crippen LogP) is 3.85. The van der Waals surface area contributed by atoms with E-state index in [1.54, 1.807) is 55.5 Å². The highest BCUT2D eigenvalue weighted by molar-refractivity contribution is 6.30. The van der Waals surface area contributed by atoms with Crippen molar-refractivity contribution in [2.24, 2.45) is 0 Å². The smallest absolute Gasteiger partial charge is 0.280 e. The number of amides is 1. The van der Waals surface area contributed by atoms with Gasteiger partial charge in [0.1, 0.15) is 5.75 Å². The minimum atomic E-state index is -0.577. The van der Waals surface area contributed by atoms with Crippen LogP contribution in [0.1, 0.15) is 23.1 Å². The Hall–Kier alpha value is -3.12. The Balaban J connectivity index is 1.89. The Bertz CT molecular complexity index is 1010. The Labute approximate surface area is 161 Å². The molecule has 0 saturated heterocycles. The van der Waals surface area contributed by atoms with Crippen molar-refractivity contribution in [1.29, 1.82) is 0 Å². The van der Waals surface area contributed by atoms with Gasteiger partial charge in [-0.2, -0.15) is 5.10 Å². The first kappa shape index (κ1) is 18.7. The molecule has 7 heteroatoms. The highest BCUT2D eigenvalue weighted by Crippen LogP contribution is 2.17. The Morgan fingerprint density at radius 3 is 2.44 bits per heavy atom. The third kappa shape index (κ3) is 4.35. The topological polar surface area (TPSA) is 73.2 Å². The number of aryl methyl sites for hydroxylation is 1. The van der Waals surface area contributed by atoms with E-state index in [1.165, 1.54) is 10.7 Å². The number of hydrogen-bond acceptors (Lipinski definition) is 4. The summed E-state index contributed by atoms with van der Waals surface area (Å²) in [5.41, 5.74) is 1.22. The molecule has 1 aromatic heterocycles. The average molecular weight is 384 g/mol. The summed E-state index contributed by atoms with van der Waals surface area (Å²) in [6.07, 6.45) is 0. The number of carbonyl (C=O) groups is 1. The van der Waals surface area contributed by atoms with Crippen LogP contribution in [-0.2, 0) is 0 Å². The predicted molar refractivity (Wildman–Crippen MR) is 105 cm³/mol. The Morgan fingerprint density at radius 2 is 1.81 bits per heavy atom. The van der Waals surface area contributed by atoms with Gasteiger partial charge in [-0.3, -0.25) is 9.59 Å². The van der Waals surface area contributed by atoms with Crippen molar-refractivity contribution in [3.63, 3.8) is 0 Å². The summed E-state index contributed by atoms with van der Waals surface area (Å²) in [5.74, 6) is 0.126. The molecule has 0 unspecified atom stereocenters. The largest absolute Gasteiger partial charge is 0.494 e. The SMILES string of the molecule is CCOc1ccc(NC(=O)c2nn(-c3ccc(Cl)cc3)c(C)cc2=O)cc1. The summed E-state index contributed by atoms with van der Waals surface area (Å²) in [4.78, 5) is 24.8. The zero-order valence-corrected chi connectivity index (χ0v) is 15.7. The van der Waals surface area contributed by atoms with Crippen LogP contribution in [-0.4, -0.2) is 22.3 Å². The van der Waals surface area contributed by atoms with Crippen LogP contribution >= 0.6 is 11.6 Å². The lowest BCUT2D eigenvalue weighted by molar-refractivity contribution is 0.101. The van der Waals surface area contributed by atoms with E-state index < -0.39 is 11.3 Å². The molecule has 138 valence electrons. The number of benzene rings is 2. The molecule has 0 radical (unpaired) electrons. The van der Waals surface area contributed by atoms with E-state index >= 15 is 0 Å². The highest BCUT2D eigenvalue weighted by atomic mass is 35.5. The molecule has 27 heavy (non-hydrogen) atoms. The number of anilines is 1. The van der Waals surface area contributed by atoms with Crippen molar-refractivity contribution in [1.82, 2.24) is 9.78 Å². The standard InChI is InChI=1S/C20H18ClN3O3/c1-3-27-17-10-6-15(7-11-17)22-20(26)19-18(25)12-13(2)24(23-19)16-8-4-14(21)5-9-16/h4-12H,3H2,1-2H3,(H,22,26). The van der Waals surface area contributed by atoms with Crippen LogP contribution in [0, 0.1) is 6.92 Å². The quantitative estimate of drug-likeness (QED) is 0.726. The minimum absolute atomic E-state index is 0.190. The average Bonchev–Trinajstić information content (AvgIpc) is 2.64. The molecule has 1 amide bonds. The van der Waals surface area contributed by atoms with Crippen molar-refractivity contribution < 1.29 is 9.53 Å². The number of aromatic nitrogens is 2. The fourth-order valence-corrected chi connectivity index (χ4v) is 2.67. The van der Waals surface area contributed by atoms with E-state index in [0.717, 1.165) is 0 Å². The number of rotatable bonds is 5. The molecule has 2 aromatic carbocycles. The van der Waals surface area contributed by atoms with Gasteiger partial charge in [0.05, 0.1) is 12.3 Å². The van der Waals surface area contributed by atoms with Gasteiger partial charge in [0, 0.05) is 22.5 Å². The van der Waals surface area contributed by atoms with Crippen molar-refractivity contribution >= 4 is 23.2 Å². The molecule has 3 rings (SSSR count). The Kier molecular flexibility index (Phi) is 5.57. The molecule has 1 N–H and O–H groups in total. The summed E-state index contributed by atoms with van der Waals surface area (Å²) >= 11 is 5.91. The molecule has 3 aromatic rings. The van der Waals surface area contributed by atoms with Gasteiger partial charge in [-0.15, -0.1) is 0 Å². The van der Waals surface area contributed by atoms with Crippen molar-refractivity contribution in [2.75, 3.05) is 11.9 Å². The molecule has 6 nitrogen and oxygen atoms in total. The second-order valence-electron chi connectivity index (χ2n) is 5.80. The summed E-state index contributed by atoms with van der Waals surface area (Å²) in [5, 5.41) is 7.51. The van der Waals surface area contributed by atoms with Crippen molar-refractivity contribution in [3.8, 4) is 11.4 Å². The monoisotopic (exact) mass is 383 g/mol. The highest BCUT2D eigenvalue weighted by Gasteiger charge is 2.15. The molecule has 0 saturated carbocycles. The molecule has 0 atom stereocenters. The number of hydrogen-bond donors (Lipinski definition) is 1. The third-order valence-electron chi connectivity index (χ3n) is 3.82. The molecule has 0 aliphatic rings. The second-order valence-corrected chi connectivity index (χ2v) is 6.23. The first-order valence-electron chi connectivity index (χ1n) is 8.39. The Morgan fingerprint density at radius 1 is 1.15 bits per heavy atom. The van der Waals surface area contributed by atoms with Crippen molar-refractivity contribution in [2.45, 2.75) is 13.8 Å². The van der Waals surface area contributed by atoms with E-state index in [4.69, 9.17) is 16.3 Å². The molecular weight excluding hydrogens is 366 g/mol. The number of nitrogens with zero attached hydrogens (tertiary/aromatic N) is 2. The van der Waals surface area contributed by atoms with E-state index in [1.807, 2.05) is 6.92 Å². The fraction of sp³-hybridized carbons (Fsp3) is 0.150. The van der Waals surface area contributed by atoms with Crippen LogP contribution in [0.5, 0.6) is 5.75 Å². The van der Waals surface area contributed by atoms with Gasteiger partial charge in [0.25, 0.3) is 5.91 Å². The van der Waals surface area contributed by atoms with Gasteiger partial charge in [-0.1, -0.05) is 11.6 Å². The molecule has 0 aliphatic heterocycles. The van der Waals surface area contributed by atoms with E-state index in [9.17, 15) is 9.59 Å². The van der Waals surface area contributed by atoms with Crippen molar-refractivity contribution in [3.05, 3.63) is 81.2 Å². The summed E-state index contributed by atoms with van der Waals surface area (Å²) in [7, 11) is 0. The number of carbonyl (C=O) groups excluding carboxylic acids is 1. The molecule has 0 fully saturated rings. The van der Waals surface area contributed by atoms with Gasteiger partial charge in [0.2, 0.25) is 5.43 Å². The maximum atomic E-state index is 12.6. The van der Waals surface area contributed by atoms with Gasteiger partial charge in [-0.25, -0.2) is 4.68 Å². The van der Waals surface area contributed by atoms with Crippen LogP contribution in [0.25, 0.3) is 5.69 Å². The number of ether oxygens (including phenoxy) is 1. The zero-order chi connectivity index (χ0) is 19.4. The first-order valence-corrected chi connectivity index (χ1v) is 8.77. The van der Waals surface area contributed by atoms with Crippen LogP contribution in [0.3, 0.4) is 0 Å². The number of halogens is 1. The normalized spacial score (nSPS) is 10.5. The van der Waals surface area contributed by atoms with Crippen LogP contribution in [0.4, 0.5) is 5.69 Å². The van der Waals surface area contributed by atoms with Gasteiger partial charge >= 0.3 is 0 Å². The fourth-order valence-electron chi connectivity index (χ4n) is 2.54. The molecule has 1 heterocycles. The van der Waals surface area contributed by atoms with Gasteiger partial charge in [-0.05, 0) is 62.4 Å². The minimum Gasteiger partial charge on any atom is -0.494 e. The summed E-state index contributed by atoms with van der Waals surface area (Å²) < 4.78 is 6.90. The molecule has 0 bridgehead atoms. The lowest BCUT2D eigenvalue weighted by atomic mass is 10.2. The maximum Gasteiger partial charge on any atom is 0.280 e. The first-order chi connectivity index (χ1) is 13.0. The molecule has 0 aliphatic carbocycles. The van der Waals surface area contributed by atoms with Crippen LogP contribution in [0.15, 0.2) is 59.4 Å². The second kappa shape index (κ2) is 8.05. The summed E-state index contributed by atoms with van der Waals surface area (Å²) in [6.45, 7) is 4.20. The van der Waals surface area contributed by atoms with E-state index in [2.05, 4.69) is 10.4 Å². The van der Waals surface area contributed by atoms with Crippen LogP contribution in [0.2, 0.25) is 5.02 Å². The molecular formula is C20H18ClN3O3. The third-order valence-corrected chi connectivity index (χ3v) is 4.07. The maximum absolute atomic E-state index is 12.6. The van der Waals surface area contributed by atoms with E-state index in [0.29, 0.717) is 34.4 Å². The lowest BCUT2D eigenvalue weighted by Crippen LogP contribution is -2.26. The van der Waals surface area contributed by atoms with Gasteiger partial charge in [0.15, 0.2) is 5.69 Å². The molecule has 0 spiro atoms. The van der Waals surface area contributed by atoms with E-state index in [-0.39, 0.29) is 5.69 Å².